The molecule has 0 saturated heterocycles. The molecule has 1 aliphatic rings. The molecule has 1 aliphatic carbocycles. The number of carbonyl (C=O) groups is 3. The van der Waals surface area contributed by atoms with E-state index in [1.165, 1.54) is 30.6 Å². The van der Waals surface area contributed by atoms with E-state index < -0.39 is 24.4 Å². The molecule has 9 heteroatoms. The summed E-state index contributed by atoms with van der Waals surface area (Å²) < 4.78 is 15.4. The largest absolute Gasteiger partial charge is 0.497 e. The van der Waals surface area contributed by atoms with E-state index in [4.69, 9.17) is 19.9 Å². The van der Waals surface area contributed by atoms with Gasteiger partial charge in [-0.2, -0.15) is 0 Å². The van der Waals surface area contributed by atoms with Crippen LogP contribution in [0.5, 0.6) is 11.5 Å². The van der Waals surface area contributed by atoms with E-state index >= 15 is 0 Å². The van der Waals surface area contributed by atoms with Gasteiger partial charge in [0.25, 0.3) is 11.8 Å². The maximum Gasteiger partial charge on any atom is 0.331 e. The number of aryl methyl sites for hydroxylation is 1. The summed E-state index contributed by atoms with van der Waals surface area (Å²) in [7, 11) is 3.06. The molecular weight excluding hydrogens is 420 g/mol. The van der Waals surface area contributed by atoms with E-state index in [1.54, 1.807) is 25.3 Å². The van der Waals surface area contributed by atoms with Crippen LogP contribution in [0.4, 0.5) is 5.00 Å². The number of carbonyl (C=O) groups excluding carboxylic acids is 3. The Bertz CT molecular complexity index is 1030. The fraction of sp³-hybridized carbons (Fsp3) is 0.318. The van der Waals surface area contributed by atoms with Crippen molar-refractivity contribution in [1.82, 2.24) is 0 Å². The highest BCUT2D eigenvalue weighted by atomic mass is 32.1. The summed E-state index contributed by atoms with van der Waals surface area (Å²) in [5.41, 5.74) is 7.46. The highest BCUT2D eigenvalue weighted by Gasteiger charge is 2.25. The number of thiophene rings is 1. The fourth-order valence-electron chi connectivity index (χ4n) is 3.38. The third-order valence-electron chi connectivity index (χ3n) is 4.86. The molecule has 164 valence electrons. The fourth-order valence-corrected chi connectivity index (χ4v) is 4.69. The second kappa shape index (κ2) is 10.1. The first-order valence-electron chi connectivity index (χ1n) is 9.74. The average Bonchev–Trinajstić information content (AvgIpc) is 3.13. The van der Waals surface area contributed by atoms with Gasteiger partial charge in [0, 0.05) is 22.6 Å². The van der Waals surface area contributed by atoms with E-state index in [2.05, 4.69) is 5.32 Å². The molecule has 3 N–H and O–H groups in total. The highest BCUT2D eigenvalue weighted by Crippen LogP contribution is 2.37. The number of nitrogens with two attached hydrogens (primary N) is 1. The van der Waals surface area contributed by atoms with Crippen molar-refractivity contribution in [3.05, 3.63) is 45.8 Å². The minimum Gasteiger partial charge on any atom is -0.497 e. The number of amides is 2. The van der Waals surface area contributed by atoms with E-state index in [-0.39, 0.29) is 0 Å². The molecule has 0 unspecified atom stereocenters. The predicted molar refractivity (Wildman–Crippen MR) is 118 cm³/mol. The quantitative estimate of drug-likeness (QED) is 0.478. The van der Waals surface area contributed by atoms with Crippen LogP contribution in [0.15, 0.2) is 24.3 Å². The van der Waals surface area contributed by atoms with Crippen LogP contribution in [0, 0.1) is 0 Å². The molecular formula is C22H24N2O6S. The number of ether oxygens (including phenoxy) is 3. The van der Waals surface area contributed by atoms with Gasteiger partial charge in [0.05, 0.1) is 19.8 Å². The summed E-state index contributed by atoms with van der Waals surface area (Å²) in [4.78, 5) is 37.2. The molecule has 0 spiro atoms. The number of esters is 1. The standard InChI is InChI=1S/C22H24N2O6S/c1-28-14-9-7-13(16(11-14)29-2)8-10-19(26)30-12-18(25)24-22-20(21(23)27)15-5-3-4-6-17(15)31-22/h7-11H,3-6,12H2,1-2H3,(H2,23,27)(H,24,25)/b10-8+. The summed E-state index contributed by atoms with van der Waals surface area (Å²) in [5.74, 6) is -0.637. The Morgan fingerprint density at radius 2 is 1.94 bits per heavy atom. The molecule has 0 aliphatic heterocycles. The number of methoxy groups -OCH3 is 2. The second-order valence-electron chi connectivity index (χ2n) is 6.88. The van der Waals surface area contributed by atoms with Crippen molar-refractivity contribution in [2.75, 3.05) is 26.1 Å². The van der Waals surface area contributed by atoms with Gasteiger partial charge < -0.3 is 25.3 Å². The zero-order valence-electron chi connectivity index (χ0n) is 17.4. The maximum absolute atomic E-state index is 12.3. The van der Waals surface area contributed by atoms with Crippen molar-refractivity contribution in [2.24, 2.45) is 5.73 Å². The summed E-state index contributed by atoms with van der Waals surface area (Å²) >= 11 is 1.36. The predicted octanol–water partition coefficient (Wildman–Crippen LogP) is 2.94. The van der Waals surface area contributed by atoms with Gasteiger partial charge in [-0.3, -0.25) is 9.59 Å². The van der Waals surface area contributed by atoms with Gasteiger partial charge >= 0.3 is 5.97 Å². The van der Waals surface area contributed by atoms with Crippen molar-refractivity contribution in [3.63, 3.8) is 0 Å². The lowest BCUT2D eigenvalue weighted by molar-refractivity contribution is -0.142. The average molecular weight is 445 g/mol. The zero-order valence-corrected chi connectivity index (χ0v) is 18.2. The number of hydrogen-bond donors (Lipinski definition) is 2. The van der Waals surface area contributed by atoms with Crippen LogP contribution in [0.25, 0.3) is 6.08 Å². The molecule has 1 aromatic heterocycles. The minimum absolute atomic E-state index is 0.367. The lowest BCUT2D eigenvalue weighted by Crippen LogP contribution is -2.22. The molecule has 1 heterocycles. The first kappa shape index (κ1) is 22.4. The van der Waals surface area contributed by atoms with Crippen molar-refractivity contribution in [3.8, 4) is 11.5 Å². The highest BCUT2D eigenvalue weighted by molar-refractivity contribution is 7.17. The van der Waals surface area contributed by atoms with Gasteiger partial charge in [0.2, 0.25) is 0 Å². The van der Waals surface area contributed by atoms with Crippen molar-refractivity contribution in [2.45, 2.75) is 25.7 Å². The van der Waals surface area contributed by atoms with Crippen LogP contribution < -0.4 is 20.5 Å². The first-order valence-corrected chi connectivity index (χ1v) is 10.6. The molecule has 0 saturated carbocycles. The van der Waals surface area contributed by atoms with Gasteiger partial charge in [-0.15, -0.1) is 11.3 Å². The maximum atomic E-state index is 12.3. The molecule has 3 rings (SSSR count). The van der Waals surface area contributed by atoms with Gasteiger partial charge in [-0.1, -0.05) is 0 Å². The lowest BCUT2D eigenvalue weighted by atomic mass is 9.95. The van der Waals surface area contributed by atoms with Crippen LogP contribution in [-0.4, -0.2) is 38.6 Å². The lowest BCUT2D eigenvalue weighted by Gasteiger charge is -2.11. The van der Waals surface area contributed by atoms with Crippen LogP contribution in [0.1, 0.15) is 39.2 Å². The molecule has 0 fully saturated rings. The summed E-state index contributed by atoms with van der Waals surface area (Å²) in [6, 6.07) is 5.16. The minimum atomic E-state index is -0.686. The Morgan fingerprint density at radius 1 is 1.16 bits per heavy atom. The Hall–Kier alpha value is -3.33. The number of nitrogens with one attached hydrogen (secondary N) is 1. The van der Waals surface area contributed by atoms with Crippen LogP contribution >= 0.6 is 11.3 Å². The molecule has 0 atom stereocenters. The number of anilines is 1. The van der Waals surface area contributed by atoms with E-state index in [0.29, 0.717) is 27.6 Å². The van der Waals surface area contributed by atoms with E-state index in [1.807, 2.05) is 0 Å². The third kappa shape index (κ3) is 5.43. The number of fused-ring (bicyclic) bond motifs is 1. The summed E-state index contributed by atoms with van der Waals surface area (Å²) in [6.45, 7) is -0.482. The Labute approximate surface area is 184 Å². The molecule has 2 aromatic rings. The molecule has 31 heavy (non-hydrogen) atoms. The molecule has 8 nitrogen and oxygen atoms in total. The first-order chi connectivity index (χ1) is 14.9. The van der Waals surface area contributed by atoms with E-state index in [9.17, 15) is 14.4 Å². The summed E-state index contributed by atoms with van der Waals surface area (Å²) in [6.07, 6.45) is 6.40. The smallest absolute Gasteiger partial charge is 0.331 e. The van der Waals surface area contributed by atoms with Gasteiger partial charge in [0.1, 0.15) is 16.5 Å². The topological polar surface area (TPSA) is 117 Å². The molecule has 2 amide bonds. The van der Waals surface area contributed by atoms with Crippen molar-refractivity contribution >= 4 is 40.2 Å². The van der Waals surface area contributed by atoms with E-state index in [0.717, 1.165) is 36.1 Å². The van der Waals surface area contributed by atoms with Gasteiger partial charge in [-0.05, 0) is 49.5 Å². The van der Waals surface area contributed by atoms with Gasteiger partial charge in [0.15, 0.2) is 6.61 Å². The normalized spacial score (nSPS) is 12.8. The Balaban J connectivity index is 1.59. The van der Waals surface area contributed by atoms with Crippen LogP contribution in [-0.2, 0) is 27.2 Å². The summed E-state index contributed by atoms with van der Waals surface area (Å²) in [5, 5.41) is 3.07. The monoisotopic (exact) mass is 444 g/mol. The third-order valence-corrected chi connectivity index (χ3v) is 6.06. The zero-order chi connectivity index (χ0) is 22.4. The van der Waals surface area contributed by atoms with Crippen LogP contribution in [0.3, 0.4) is 0 Å². The molecule has 1 aromatic carbocycles. The van der Waals surface area contributed by atoms with Crippen molar-refractivity contribution in [1.29, 1.82) is 0 Å². The van der Waals surface area contributed by atoms with Gasteiger partial charge in [-0.25, -0.2) is 4.79 Å². The Morgan fingerprint density at radius 3 is 2.65 bits per heavy atom. The number of rotatable bonds is 8. The molecule has 0 bridgehead atoms. The SMILES string of the molecule is COc1ccc(/C=C/C(=O)OCC(=O)Nc2sc3c(c2C(N)=O)CCCC3)c(OC)c1. The molecule has 0 radical (unpaired) electrons. The van der Waals surface area contributed by atoms with Crippen molar-refractivity contribution < 1.29 is 28.6 Å². The number of hydrogen-bond acceptors (Lipinski definition) is 7. The van der Waals surface area contributed by atoms with Crippen LogP contribution in [0.2, 0.25) is 0 Å². The second-order valence-corrected chi connectivity index (χ2v) is 7.98. The number of benzene rings is 1. The Kier molecular flexibility index (Phi) is 7.30. The number of primary amides is 1.